The van der Waals surface area contributed by atoms with Crippen molar-refractivity contribution in [2.45, 2.75) is 12.8 Å². The van der Waals surface area contributed by atoms with Gasteiger partial charge in [0.05, 0.1) is 7.11 Å². The first kappa shape index (κ1) is 16.5. The van der Waals surface area contributed by atoms with Crippen molar-refractivity contribution in [3.8, 4) is 5.75 Å². The van der Waals surface area contributed by atoms with Gasteiger partial charge in [0.25, 0.3) is 6.43 Å². The van der Waals surface area contributed by atoms with Crippen molar-refractivity contribution in [1.82, 2.24) is 4.98 Å². The van der Waals surface area contributed by atoms with Crippen molar-refractivity contribution in [3.63, 3.8) is 0 Å². The van der Waals surface area contributed by atoms with Crippen molar-refractivity contribution in [2.75, 3.05) is 7.11 Å². The molecule has 0 atom stereocenters. The Kier molecular flexibility index (Phi) is 4.60. The van der Waals surface area contributed by atoms with Crippen molar-refractivity contribution >= 4 is 11.8 Å². The van der Waals surface area contributed by atoms with Gasteiger partial charge in [-0.2, -0.15) is 0 Å². The number of pyridine rings is 1. The number of carbonyl (C=O) groups is 1. The molecule has 0 aliphatic rings. The highest BCUT2D eigenvalue weighted by Crippen LogP contribution is 2.40. The fourth-order valence-electron chi connectivity index (χ4n) is 1.32. The molecular formula is C9H5F5N2O5. The highest BCUT2D eigenvalue weighted by molar-refractivity contribution is 5.93. The molecule has 0 spiro atoms. The minimum Gasteiger partial charge on any atom is -0.465 e. The summed E-state index contributed by atoms with van der Waals surface area (Å²) in [6, 6.07) is 0. The maximum Gasteiger partial charge on any atom is 0.573 e. The topological polar surface area (TPSA) is 91.6 Å². The maximum atomic E-state index is 12.8. The van der Waals surface area contributed by atoms with Gasteiger partial charge in [0, 0.05) is 0 Å². The molecule has 21 heavy (non-hydrogen) atoms. The summed E-state index contributed by atoms with van der Waals surface area (Å²) in [4.78, 5) is 23.3. The van der Waals surface area contributed by atoms with Crippen LogP contribution in [0.4, 0.5) is 27.8 Å². The zero-order valence-electron chi connectivity index (χ0n) is 9.98. The minimum atomic E-state index is -5.46. The van der Waals surface area contributed by atoms with Gasteiger partial charge in [-0.25, -0.2) is 13.6 Å². The molecule has 12 heteroatoms. The molecule has 0 radical (unpaired) electrons. The predicted octanol–water partition coefficient (Wildman–Crippen LogP) is 2.61. The van der Waals surface area contributed by atoms with Crippen molar-refractivity contribution in [2.24, 2.45) is 0 Å². The third-order valence-electron chi connectivity index (χ3n) is 2.06. The van der Waals surface area contributed by atoms with Crippen molar-refractivity contribution in [3.05, 3.63) is 27.4 Å². The summed E-state index contributed by atoms with van der Waals surface area (Å²) in [7, 11) is 0.767. The SMILES string of the molecule is COC(=O)c1cnc([N+](=O)[O-])c(C(F)F)c1OC(F)(F)F. The molecule has 1 aromatic rings. The minimum absolute atomic E-state index is 0.289. The fourth-order valence-corrected chi connectivity index (χ4v) is 1.32. The Labute approximate surface area is 112 Å². The lowest BCUT2D eigenvalue weighted by atomic mass is 10.1. The largest absolute Gasteiger partial charge is 0.573 e. The van der Waals surface area contributed by atoms with Gasteiger partial charge in [0.2, 0.25) is 0 Å². The molecule has 1 aromatic heterocycles. The Bertz CT molecular complexity index is 574. The Balaban J connectivity index is 3.66. The first-order valence-electron chi connectivity index (χ1n) is 4.88. The van der Waals surface area contributed by atoms with Crippen LogP contribution in [-0.4, -0.2) is 29.3 Å². The van der Waals surface area contributed by atoms with E-state index in [1.54, 1.807) is 0 Å². The van der Waals surface area contributed by atoms with Crippen LogP contribution in [-0.2, 0) is 4.74 Å². The lowest BCUT2D eigenvalue weighted by molar-refractivity contribution is -0.391. The van der Waals surface area contributed by atoms with Crippen LogP contribution >= 0.6 is 0 Å². The summed E-state index contributed by atoms with van der Waals surface area (Å²) >= 11 is 0. The van der Waals surface area contributed by atoms with E-state index in [4.69, 9.17) is 0 Å². The molecule has 0 saturated carbocycles. The van der Waals surface area contributed by atoms with E-state index in [0.29, 0.717) is 0 Å². The molecule has 0 unspecified atom stereocenters. The zero-order chi connectivity index (χ0) is 16.4. The molecule has 0 aliphatic heterocycles. The normalized spacial score (nSPS) is 11.4. The van der Waals surface area contributed by atoms with Crippen LogP contribution < -0.4 is 4.74 Å². The number of alkyl halides is 5. The molecule has 0 N–H and O–H groups in total. The molecule has 1 rings (SSSR count). The molecule has 1 heterocycles. The lowest BCUT2D eigenvalue weighted by Gasteiger charge is -2.14. The number of nitrogens with zero attached hydrogens (tertiary/aromatic N) is 2. The van der Waals surface area contributed by atoms with Crippen LogP contribution in [0.5, 0.6) is 5.75 Å². The smallest absolute Gasteiger partial charge is 0.465 e. The van der Waals surface area contributed by atoms with Gasteiger partial charge in [0.15, 0.2) is 17.5 Å². The number of hydrogen-bond acceptors (Lipinski definition) is 6. The van der Waals surface area contributed by atoms with Crippen molar-refractivity contribution in [1.29, 1.82) is 0 Å². The van der Waals surface area contributed by atoms with Crippen LogP contribution in [0.3, 0.4) is 0 Å². The number of ether oxygens (including phenoxy) is 2. The molecule has 0 bridgehead atoms. The van der Waals surface area contributed by atoms with Crippen LogP contribution in [0.15, 0.2) is 6.20 Å². The van der Waals surface area contributed by atoms with E-state index >= 15 is 0 Å². The monoisotopic (exact) mass is 316 g/mol. The van der Waals surface area contributed by atoms with E-state index in [1.165, 1.54) is 0 Å². The van der Waals surface area contributed by atoms with Crippen LogP contribution in [0.2, 0.25) is 0 Å². The Morgan fingerprint density at radius 2 is 2.00 bits per heavy atom. The van der Waals surface area contributed by atoms with Crippen LogP contribution in [0, 0.1) is 10.1 Å². The van der Waals surface area contributed by atoms with Crippen molar-refractivity contribution < 1.29 is 41.1 Å². The number of halogens is 5. The summed E-state index contributed by atoms with van der Waals surface area (Å²) in [5.74, 6) is -4.75. The first-order chi connectivity index (χ1) is 9.58. The standard InChI is InChI=1S/C9H5F5N2O5/c1-20-8(17)3-2-15-7(16(18)19)4(6(10)11)5(3)21-9(12,13)14/h2,6H,1H3. The summed E-state index contributed by atoms with van der Waals surface area (Å²) in [6.45, 7) is 0. The molecule has 116 valence electrons. The third kappa shape index (κ3) is 3.73. The van der Waals surface area contributed by atoms with E-state index in [-0.39, 0.29) is 6.20 Å². The summed E-state index contributed by atoms with van der Waals surface area (Å²) < 4.78 is 69.8. The van der Waals surface area contributed by atoms with Gasteiger partial charge in [-0.1, -0.05) is 0 Å². The first-order valence-corrected chi connectivity index (χ1v) is 4.88. The quantitative estimate of drug-likeness (QED) is 0.367. The number of methoxy groups -OCH3 is 1. The van der Waals surface area contributed by atoms with E-state index in [0.717, 1.165) is 7.11 Å². The third-order valence-corrected chi connectivity index (χ3v) is 2.06. The second kappa shape index (κ2) is 5.85. The van der Waals surface area contributed by atoms with E-state index in [9.17, 15) is 36.9 Å². The number of nitro groups is 1. The fraction of sp³-hybridized carbons (Fsp3) is 0.333. The van der Waals surface area contributed by atoms with E-state index in [2.05, 4.69) is 14.5 Å². The summed E-state index contributed by atoms with van der Waals surface area (Å²) in [5, 5.41) is 10.6. The molecule has 0 saturated heterocycles. The molecule has 7 nitrogen and oxygen atoms in total. The highest BCUT2D eigenvalue weighted by atomic mass is 19.4. The van der Waals surface area contributed by atoms with Crippen LogP contribution in [0.1, 0.15) is 22.3 Å². The van der Waals surface area contributed by atoms with Gasteiger partial charge >= 0.3 is 18.1 Å². The predicted molar refractivity (Wildman–Crippen MR) is 53.9 cm³/mol. The number of esters is 1. The molecule has 0 amide bonds. The van der Waals surface area contributed by atoms with Gasteiger partial charge in [-0.3, -0.25) is 0 Å². The molecule has 0 aliphatic carbocycles. The van der Waals surface area contributed by atoms with Crippen LogP contribution in [0.25, 0.3) is 0 Å². The average Bonchev–Trinajstić information content (AvgIpc) is 2.34. The van der Waals surface area contributed by atoms with Gasteiger partial charge < -0.3 is 19.6 Å². The molecule has 0 aromatic carbocycles. The summed E-state index contributed by atoms with van der Waals surface area (Å²) in [6.07, 6.45) is -8.90. The molecular weight excluding hydrogens is 311 g/mol. The average molecular weight is 316 g/mol. The van der Waals surface area contributed by atoms with E-state index < -0.39 is 46.4 Å². The lowest BCUT2D eigenvalue weighted by Crippen LogP contribution is -2.21. The second-order valence-corrected chi connectivity index (χ2v) is 3.34. The second-order valence-electron chi connectivity index (χ2n) is 3.34. The van der Waals surface area contributed by atoms with E-state index in [1.807, 2.05) is 0 Å². The number of hydrogen-bond donors (Lipinski definition) is 0. The number of carbonyl (C=O) groups excluding carboxylic acids is 1. The van der Waals surface area contributed by atoms with Gasteiger partial charge in [-0.15, -0.1) is 13.2 Å². The zero-order valence-corrected chi connectivity index (χ0v) is 9.98. The summed E-state index contributed by atoms with van der Waals surface area (Å²) in [5.41, 5.74) is -2.88. The van der Waals surface area contributed by atoms with Gasteiger partial charge in [0.1, 0.15) is 5.56 Å². The highest BCUT2D eigenvalue weighted by Gasteiger charge is 2.40. The maximum absolute atomic E-state index is 12.8. The number of aromatic nitrogens is 1. The Morgan fingerprint density at radius 1 is 1.43 bits per heavy atom. The van der Waals surface area contributed by atoms with Gasteiger partial charge in [-0.05, 0) is 9.91 Å². The Hall–Kier alpha value is -2.53. The number of rotatable bonds is 4. The molecule has 0 fully saturated rings. The Morgan fingerprint density at radius 3 is 2.38 bits per heavy atom.